The molecule has 1 aliphatic heterocycles. The number of aromatic nitrogens is 1. The van der Waals surface area contributed by atoms with Crippen LogP contribution in [0.1, 0.15) is 20.3 Å². The third kappa shape index (κ3) is 4.73. The highest BCUT2D eigenvalue weighted by Crippen LogP contribution is 2.35. The highest BCUT2D eigenvalue weighted by atomic mass is 32.2. The summed E-state index contributed by atoms with van der Waals surface area (Å²) in [5, 5.41) is 0.536. The minimum atomic E-state index is 0.161. The van der Waals surface area contributed by atoms with Gasteiger partial charge < -0.3 is 9.32 Å². The lowest BCUT2D eigenvalue weighted by atomic mass is 9.92. The number of carbonyl (C=O) groups is 1. The Balaban J connectivity index is 1.54. The van der Waals surface area contributed by atoms with Crippen LogP contribution in [0.5, 0.6) is 0 Å². The van der Waals surface area contributed by atoms with E-state index in [4.69, 9.17) is 9.40 Å². The number of carbonyl (C=O) groups excluding carboxylic acids is 1. The molecule has 0 N–H and O–H groups in total. The molecule has 29 heavy (non-hydrogen) atoms. The van der Waals surface area contributed by atoms with Crippen LogP contribution in [-0.4, -0.2) is 34.6 Å². The van der Waals surface area contributed by atoms with Crippen LogP contribution in [0, 0.1) is 11.8 Å². The topological polar surface area (TPSA) is 46.3 Å². The van der Waals surface area contributed by atoms with Gasteiger partial charge in [0.1, 0.15) is 5.69 Å². The lowest BCUT2D eigenvalue weighted by Crippen LogP contribution is -2.43. The summed E-state index contributed by atoms with van der Waals surface area (Å²) in [6.45, 7) is 6.13. The fraction of sp³-hybridized carbons (Fsp3) is 0.333. The van der Waals surface area contributed by atoms with Crippen LogP contribution >= 0.6 is 11.8 Å². The summed E-state index contributed by atoms with van der Waals surface area (Å²) in [6.07, 6.45) is 1.19. The van der Waals surface area contributed by atoms with Gasteiger partial charge in [0.2, 0.25) is 5.91 Å². The van der Waals surface area contributed by atoms with Crippen molar-refractivity contribution in [2.75, 3.05) is 18.8 Å². The lowest BCUT2D eigenvalue weighted by molar-refractivity contribution is -0.130. The zero-order chi connectivity index (χ0) is 20.2. The van der Waals surface area contributed by atoms with Crippen LogP contribution in [0.15, 0.2) is 70.3 Å². The Morgan fingerprint density at radius 3 is 2.21 bits per heavy atom. The second-order valence-corrected chi connectivity index (χ2v) is 8.85. The van der Waals surface area contributed by atoms with Crippen molar-refractivity contribution in [2.24, 2.45) is 11.8 Å². The Bertz CT molecular complexity index is 889. The van der Waals surface area contributed by atoms with Gasteiger partial charge in [0.05, 0.1) is 5.75 Å². The fourth-order valence-electron chi connectivity index (χ4n) is 4.02. The number of hydrogen-bond donors (Lipinski definition) is 0. The molecule has 1 aromatic heterocycles. The number of amides is 1. The Hall–Kier alpha value is -2.53. The monoisotopic (exact) mass is 406 g/mol. The van der Waals surface area contributed by atoms with Crippen LogP contribution in [0.3, 0.4) is 0 Å². The van der Waals surface area contributed by atoms with Gasteiger partial charge in [0.15, 0.2) is 5.76 Å². The molecule has 150 valence electrons. The predicted octanol–water partition coefficient (Wildman–Crippen LogP) is 5.61. The van der Waals surface area contributed by atoms with Crippen molar-refractivity contribution >= 4 is 17.7 Å². The Labute approximate surface area is 176 Å². The highest BCUT2D eigenvalue weighted by molar-refractivity contribution is 7.99. The summed E-state index contributed by atoms with van der Waals surface area (Å²) in [5.74, 6) is 2.37. The molecule has 0 aliphatic carbocycles. The third-order valence-corrected chi connectivity index (χ3v) is 6.04. The summed E-state index contributed by atoms with van der Waals surface area (Å²) in [6, 6.07) is 20.0. The van der Waals surface area contributed by atoms with E-state index in [1.807, 2.05) is 65.6 Å². The van der Waals surface area contributed by atoms with E-state index in [1.165, 1.54) is 18.2 Å². The smallest absolute Gasteiger partial charge is 0.257 e. The summed E-state index contributed by atoms with van der Waals surface area (Å²) >= 11 is 1.38. The number of oxazole rings is 1. The maximum atomic E-state index is 12.7. The largest absolute Gasteiger partial charge is 0.431 e. The molecular formula is C24H26N2O2S. The van der Waals surface area contributed by atoms with E-state index >= 15 is 0 Å². The molecule has 1 fully saturated rings. The molecule has 0 radical (unpaired) electrons. The number of benzene rings is 2. The molecule has 0 spiro atoms. The number of hydrogen-bond acceptors (Lipinski definition) is 4. The van der Waals surface area contributed by atoms with Gasteiger partial charge in [-0.3, -0.25) is 4.79 Å². The van der Waals surface area contributed by atoms with Crippen LogP contribution in [0.4, 0.5) is 0 Å². The minimum Gasteiger partial charge on any atom is -0.431 e. The number of likely N-dealkylation sites (tertiary alicyclic amines) is 1. The molecule has 1 aliphatic rings. The first-order valence-electron chi connectivity index (χ1n) is 10.1. The fourth-order valence-corrected chi connectivity index (χ4v) is 4.75. The van der Waals surface area contributed by atoms with Gasteiger partial charge in [-0.05, 0) is 18.3 Å². The maximum absolute atomic E-state index is 12.7. The van der Waals surface area contributed by atoms with E-state index in [2.05, 4.69) is 13.8 Å². The zero-order valence-corrected chi connectivity index (χ0v) is 17.7. The van der Waals surface area contributed by atoms with Crippen molar-refractivity contribution in [3.05, 3.63) is 60.7 Å². The number of rotatable bonds is 5. The maximum Gasteiger partial charge on any atom is 0.257 e. The molecule has 1 amide bonds. The molecule has 2 aromatic carbocycles. The highest BCUT2D eigenvalue weighted by Gasteiger charge is 2.26. The zero-order valence-electron chi connectivity index (χ0n) is 16.9. The van der Waals surface area contributed by atoms with Crippen molar-refractivity contribution in [3.8, 4) is 22.6 Å². The van der Waals surface area contributed by atoms with Gasteiger partial charge in [0.25, 0.3) is 5.22 Å². The lowest BCUT2D eigenvalue weighted by Gasteiger charge is -2.34. The van der Waals surface area contributed by atoms with Crippen LogP contribution in [-0.2, 0) is 4.79 Å². The van der Waals surface area contributed by atoms with Crippen LogP contribution in [0.25, 0.3) is 22.6 Å². The van der Waals surface area contributed by atoms with Crippen LogP contribution in [0.2, 0.25) is 0 Å². The molecule has 0 unspecified atom stereocenters. The second-order valence-electron chi connectivity index (χ2n) is 7.92. The summed E-state index contributed by atoms with van der Waals surface area (Å²) < 4.78 is 6.12. The first-order chi connectivity index (χ1) is 14.1. The first-order valence-corrected chi connectivity index (χ1v) is 11.1. The SMILES string of the molecule is C[C@@H]1C[C@H](C)CN(C(=O)CSc2nc(-c3ccccc3)c(-c3ccccc3)o2)C1. The quantitative estimate of drug-likeness (QED) is 0.517. The molecule has 5 heteroatoms. The first kappa shape index (κ1) is 19.8. The average Bonchev–Trinajstić information content (AvgIpc) is 3.17. The summed E-state index contributed by atoms with van der Waals surface area (Å²) in [7, 11) is 0. The molecule has 3 aromatic rings. The Morgan fingerprint density at radius 1 is 1.00 bits per heavy atom. The Morgan fingerprint density at radius 2 is 1.59 bits per heavy atom. The molecule has 2 atom stereocenters. The molecule has 1 saturated heterocycles. The minimum absolute atomic E-state index is 0.161. The number of nitrogens with zero attached hydrogens (tertiary/aromatic N) is 2. The number of thioether (sulfide) groups is 1. The van der Waals surface area contributed by atoms with E-state index in [1.54, 1.807) is 0 Å². The summed E-state index contributed by atoms with van der Waals surface area (Å²) in [4.78, 5) is 19.5. The van der Waals surface area contributed by atoms with Gasteiger partial charge in [-0.2, -0.15) is 0 Å². The van der Waals surface area contributed by atoms with Crippen molar-refractivity contribution in [2.45, 2.75) is 25.5 Å². The van der Waals surface area contributed by atoms with E-state index in [9.17, 15) is 4.79 Å². The molecular weight excluding hydrogens is 380 g/mol. The van der Waals surface area contributed by atoms with Gasteiger partial charge >= 0.3 is 0 Å². The average molecular weight is 407 g/mol. The van der Waals surface area contributed by atoms with E-state index in [-0.39, 0.29) is 5.91 Å². The van der Waals surface area contributed by atoms with Crippen molar-refractivity contribution < 1.29 is 9.21 Å². The van der Waals surface area contributed by atoms with Gasteiger partial charge in [-0.25, -0.2) is 4.98 Å². The molecule has 0 saturated carbocycles. The standard InChI is InChI=1S/C24H26N2O2S/c1-17-13-18(2)15-26(14-17)21(27)16-29-24-25-22(19-9-5-3-6-10-19)23(28-24)20-11-7-4-8-12-20/h3-12,17-18H,13-16H2,1-2H3/t17-,18+. The van der Waals surface area contributed by atoms with Crippen LogP contribution < -0.4 is 0 Å². The van der Waals surface area contributed by atoms with E-state index in [0.717, 1.165) is 35.7 Å². The predicted molar refractivity (Wildman–Crippen MR) is 118 cm³/mol. The number of piperidine rings is 1. The molecule has 2 heterocycles. The van der Waals surface area contributed by atoms with Gasteiger partial charge in [-0.15, -0.1) is 0 Å². The van der Waals surface area contributed by atoms with E-state index < -0.39 is 0 Å². The van der Waals surface area contributed by atoms with Gasteiger partial charge in [-0.1, -0.05) is 86.3 Å². The summed E-state index contributed by atoms with van der Waals surface area (Å²) in [5.41, 5.74) is 2.80. The van der Waals surface area contributed by atoms with Crippen molar-refractivity contribution in [3.63, 3.8) is 0 Å². The van der Waals surface area contributed by atoms with Crippen molar-refractivity contribution in [1.82, 2.24) is 9.88 Å². The second kappa shape index (κ2) is 8.87. The van der Waals surface area contributed by atoms with Crippen molar-refractivity contribution in [1.29, 1.82) is 0 Å². The molecule has 4 rings (SSSR count). The Kier molecular flexibility index (Phi) is 6.05. The van der Waals surface area contributed by atoms with Gasteiger partial charge in [0, 0.05) is 24.2 Å². The normalized spacial score (nSPS) is 19.3. The third-order valence-electron chi connectivity index (χ3n) is 5.23. The molecule has 4 nitrogen and oxygen atoms in total. The molecule has 0 bridgehead atoms. The van der Waals surface area contributed by atoms with E-state index in [0.29, 0.717) is 22.8 Å².